The topological polar surface area (TPSA) is 33.9 Å². The summed E-state index contributed by atoms with van der Waals surface area (Å²) in [5.74, 6) is 0.755. The molecule has 0 saturated carbocycles. The van der Waals surface area contributed by atoms with Crippen molar-refractivity contribution in [2.24, 2.45) is 0 Å². The lowest BCUT2D eigenvalue weighted by atomic mass is 10.00. The van der Waals surface area contributed by atoms with Crippen molar-refractivity contribution in [1.29, 1.82) is 0 Å². The molecule has 2 aromatic carbocycles. The number of aliphatic hydroxyl groups is 1. The number of fused-ring (bicyclic) bond motifs is 1. The summed E-state index contributed by atoms with van der Waals surface area (Å²) in [6.07, 6.45) is 0.612. The number of benzene rings is 2. The van der Waals surface area contributed by atoms with Gasteiger partial charge in [0.2, 0.25) is 0 Å². The molecule has 3 nitrogen and oxygen atoms in total. The van der Waals surface area contributed by atoms with Crippen LogP contribution in [0.4, 0.5) is 0 Å². The first kappa shape index (κ1) is 16.3. The molecule has 0 radical (unpaired) electrons. The molecule has 1 unspecified atom stereocenters. The highest BCUT2D eigenvalue weighted by molar-refractivity contribution is 6.31. The standard InChI is InChI=1S/C19H22ClNO2/c1-14-10-18(6-7-19(14)20)23-13-17(22)12-21-9-8-15-4-2-3-5-16(15)11-21/h2-7,10,17,22H,8-9,11-13H2,1H3/p+1/t17-/m0/s1. The largest absolute Gasteiger partial charge is 0.491 e. The van der Waals surface area contributed by atoms with Crippen LogP contribution in [-0.2, 0) is 13.0 Å². The SMILES string of the molecule is Cc1cc(OC[C@@H](O)C[NH+]2CCc3ccccc3C2)ccc1Cl. The van der Waals surface area contributed by atoms with Crippen molar-refractivity contribution in [3.8, 4) is 5.75 Å². The van der Waals surface area contributed by atoms with Gasteiger partial charge in [-0.1, -0.05) is 35.9 Å². The molecule has 0 aliphatic carbocycles. The Hall–Kier alpha value is -1.55. The van der Waals surface area contributed by atoms with Gasteiger partial charge in [-0.3, -0.25) is 0 Å². The minimum absolute atomic E-state index is 0.312. The molecular weight excluding hydrogens is 310 g/mol. The molecular formula is C19H23ClNO2+. The number of hydrogen-bond acceptors (Lipinski definition) is 2. The molecule has 2 aromatic rings. The second kappa shape index (κ2) is 7.35. The van der Waals surface area contributed by atoms with Gasteiger partial charge in [-0.15, -0.1) is 0 Å². The Morgan fingerprint density at radius 2 is 2.00 bits per heavy atom. The number of aliphatic hydroxyl groups excluding tert-OH is 1. The molecule has 4 heteroatoms. The summed E-state index contributed by atoms with van der Waals surface area (Å²) in [5.41, 5.74) is 3.82. The van der Waals surface area contributed by atoms with E-state index in [9.17, 15) is 5.11 Å². The lowest BCUT2D eigenvalue weighted by Crippen LogP contribution is -3.13. The first-order valence-corrected chi connectivity index (χ1v) is 8.47. The van der Waals surface area contributed by atoms with Gasteiger partial charge in [-0.2, -0.15) is 0 Å². The van der Waals surface area contributed by atoms with Crippen molar-refractivity contribution in [2.45, 2.75) is 26.0 Å². The Bertz CT molecular complexity index is 674. The van der Waals surface area contributed by atoms with E-state index in [1.807, 2.05) is 25.1 Å². The molecule has 3 rings (SSSR count). The van der Waals surface area contributed by atoms with Crippen LogP contribution in [0.25, 0.3) is 0 Å². The number of halogens is 1. The zero-order chi connectivity index (χ0) is 16.2. The molecule has 0 saturated heterocycles. The van der Waals surface area contributed by atoms with Gasteiger partial charge in [0.25, 0.3) is 0 Å². The first-order valence-electron chi connectivity index (χ1n) is 8.09. The van der Waals surface area contributed by atoms with E-state index in [2.05, 4.69) is 24.3 Å². The molecule has 1 aliphatic heterocycles. The first-order chi connectivity index (χ1) is 11.1. The Labute approximate surface area is 142 Å². The lowest BCUT2D eigenvalue weighted by molar-refractivity contribution is -0.918. The van der Waals surface area contributed by atoms with Crippen LogP contribution >= 0.6 is 11.6 Å². The van der Waals surface area contributed by atoms with Crippen LogP contribution in [0, 0.1) is 6.92 Å². The van der Waals surface area contributed by atoms with E-state index in [0.717, 1.165) is 35.8 Å². The molecule has 0 fully saturated rings. The summed E-state index contributed by atoms with van der Waals surface area (Å²) in [7, 11) is 0. The van der Waals surface area contributed by atoms with Gasteiger partial charge in [-0.25, -0.2) is 0 Å². The molecule has 23 heavy (non-hydrogen) atoms. The summed E-state index contributed by atoms with van der Waals surface area (Å²) in [4.78, 5) is 1.41. The fraction of sp³-hybridized carbons (Fsp3) is 0.368. The van der Waals surface area contributed by atoms with Gasteiger partial charge in [0.05, 0.1) is 6.54 Å². The van der Waals surface area contributed by atoms with Gasteiger partial charge in [0.1, 0.15) is 31.5 Å². The number of rotatable bonds is 5. The van der Waals surface area contributed by atoms with Crippen molar-refractivity contribution in [3.63, 3.8) is 0 Å². The van der Waals surface area contributed by atoms with Crippen molar-refractivity contribution < 1.29 is 14.7 Å². The number of ether oxygens (including phenoxy) is 1. The van der Waals surface area contributed by atoms with Gasteiger partial charge >= 0.3 is 0 Å². The maximum Gasteiger partial charge on any atom is 0.137 e. The van der Waals surface area contributed by atoms with Crippen LogP contribution in [0.2, 0.25) is 5.02 Å². The Morgan fingerprint density at radius 1 is 1.22 bits per heavy atom. The molecule has 2 N–H and O–H groups in total. The molecule has 2 atom stereocenters. The normalized spacial score (nSPS) is 18.3. The highest BCUT2D eigenvalue weighted by Crippen LogP contribution is 2.21. The van der Waals surface area contributed by atoms with E-state index < -0.39 is 6.10 Å². The Kier molecular flexibility index (Phi) is 5.21. The van der Waals surface area contributed by atoms with Crippen LogP contribution in [0.5, 0.6) is 5.75 Å². The summed E-state index contributed by atoms with van der Waals surface area (Å²) in [5, 5.41) is 11.0. The molecule has 0 bridgehead atoms. The maximum absolute atomic E-state index is 10.3. The van der Waals surface area contributed by atoms with Crippen molar-refractivity contribution in [3.05, 3.63) is 64.2 Å². The van der Waals surface area contributed by atoms with E-state index in [1.54, 1.807) is 0 Å². The monoisotopic (exact) mass is 332 g/mol. The predicted molar refractivity (Wildman–Crippen MR) is 92.2 cm³/mol. The molecule has 0 amide bonds. The number of nitrogens with one attached hydrogen (secondary N) is 1. The van der Waals surface area contributed by atoms with Gasteiger partial charge in [0.15, 0.2) is 0 Å². The second-order valence-electron chi connectivity index (χ2n) is 6.28. The van der Waals surface area contributed by atoms with E-state index in [0.29, 0.717) is 13.2 Å². The van der Waals surface area contributed by atoms with Crippen molar-refractivity contribution >= 4 is 11.6 Å². The average Bonchev–Trinajstić information content (AvgIpc) is 2.56. The summed E-state index contributed by atoms with van der Waals surface area (Å²) in [6, 6.07) is 14.1. The van der Waals surface area contributed by atoms with Crippen molar-refractivity contribution in [2.75, 3.05) is 19.7 Å². The van der Waals surface area contributed by atoms with Crippen LogP contribution in [0.15, 0.2) is 42.5 Å². The van der Waals surface area contributed by atoms with Crippen LogP contribution in [0.1, 0.15) is 16.7 Å². The highest BCUT2D eigenvalue weighted by atomic mass is 35.5. The van der Waals surface area contributed by atoms with Crippen molar-refractivity contribution in [1.82, 2.24) is 0 Å². The molecule has 1 aliphatic rings. The smallest absolute Gasteiger partial charge is 0.137 e. The van der Waals surface area contributed by atoms with Crippen LogP contribution in [-0.4, -0.2) is 30.9 Å². The van der Waals surface area contributed by atoms with E-state index in [4.69, 9.17) is 16.3 Å². The maximum atomic E-state index is 10.3. The third-order valence-corrected chi connectivity index (χ3v) is 4.83. The molecule has 0 aromatic heterocycles. The van der Waals surface area contributed by atoms with Gasteiger partial charge in [-0.05, 0) is 36.2 Å². The van der Waals surface area contributed by atoms with E-state index >= 15 is 0 Å². The Morgan fingerprint density at radius 3 is 2.78 bits per heavy atom. The predicted octanol–water partition coefficient (Wildman–Crippen LogP) is 2.03. The third kappa shape index (κ3) is 4.25. The highest BCUT2D eigenvalue weighted by Gasteiger charge is 2.21. The lowest BCUT2D eigenvalue weighted by Gasteiger charge is -2.27. The molecule has 122 valence electrons. The summed E-state index contributed by atoms with van der Waals surface area (Å²) in [6.45, 7) is 5.01. The minimum atomic E-state index is -0.466. The van der Waals surface area contributed by atoms with Gasteiger partial charge in [0, 0.05) is 17.0 Å². The minimum Gasteiger partial charge on any atom is -0.491 e. The zero-order valence-corrected chi connectivity index (χ0v) is 14.1. The quantitative estimate of drug-likeness (QED) is 0.878. The van der Waals surface area contributed by atoms with Crippen LogP contribution in [0.3, 0.4) is 0 Å². The third-order valence-electron chi connectivity index (χ3n) is 4.40. The van der Waals surface area contributed by atoms with E-state index in [-0.39, 0.29) is 0 Å². The fourth-order valence-corrected chi connectivity index (χ4v) is 3.23. The number of quaternary nitrogens is 1. The molecule has 1 heterocycles. The van der Waals surface area contributed by atoms with E-state index in [1.165, 1.54) is 16.0 Å². The zero-order valence-electron chi connectivity index (χ0n) is 13.4. The second-order valence-corrected chi connectivity index (χ2v) is 6.68. The van der Waals surface area contributed by atoms with Gasteiger partial charge < -0.3 is 14.7 Å². The summed E-state index contributed by atoms with van der Waals surface area (Å²) >= 11 is 6.01. The number of aryl methyl sites for hydroxylation is 1. The van der Waals surface area contributed by atoms with Crippen LogP contribution < -0.4 is 9.64 Å². The molecule has 0 spiro atoms. The fourth-order valence-electron chi connectivity index (χ4n) is 3.11. The summed E-state index contributed by atoms with van der Waals surface area (Å²) < 4.78 is 5.69. The number of hydrogen-bond donors (Lipinski definition) is 2. The average molecular weight is 333 g/mol. The Balaban J connectivity index is 1.50.